The number of nitro benzene ring substituents is 1. The summed E-state index contributed by atoms with van der Waals surface area (Å²) in [6.45, 7) is 0. The number of Topliss-reactive ketones (excluding diaryl/α,β-unsaturated/α-hetero) is 1. The first-order valence-corrected chi connectivity index (χ1v) is 6.16. The van der Waals surface area contributed by atoms with Crippen LogP contribution in [0.15, 0.2) is 54.6 Å². The molecule has 0 N–H and O–H groups in total. The minimum absolute atomic E-state index is 0.00362. The Morgan fingerprint density at radius 1 is 1.10 bits per heavy atom. The van der Waals surface area contributed by atoms with Gasteiger partial charge in [0.1, 0.15) is 6.10 Å². The van der Waals surface area contributed by atoms with Crippen molar-refractivity contribution in [2.75, 3.05) is 0 Å². The van der Waals surface area contributed by atoms with Crippen molar-refractivity contribution in [3.63, 3.8) is 0 Å². The Hall–Kier alpha value is -2.53. The van der Waals surface area contributed by atoms with Crippen molar-refractivity contribution in [2.24, 2.45) is 0 Å². The van der Waals surface area contributed by atoms with Crippen LogP contribution in [-0.2, 0) is 4.74 Å². The van der Waals surface area contributed by atoms with Gasteiger partial charge in [-0.15, -0.1) is 0 Å². The van der Waals surface area contributed by atoms with Crippen LogP contribution in [0.3, 0.4) is 0 Å². The van der Waals surface area contributed by atoms with Crippen LogP contribution in [0.4, 0.5) is 5.69 Å². The van der Waals surface area contributed by atoms with Crippen LogP contribution in [-0.4, -0.2) is 16.8 Å². The first kappa shape index (κ1) is 12.5. The van der Waals surface area contributed by atoms with Gasteiger partial charge in [0, 0.05) is 17.7 Å². The SMILES string of the molecule is O=C(c1ccccc1)C1OC1c1cccc([N+](=O)[O-])c1. The van der Waals surface area contributed by atoms with E-state index in [1.165, 1.54) is 12.1 Å². The third-order valence-electron chi connectivity index (χ3n) is 3.22. The molecule has 2 aromatic carbocycles. The molecule has 0 spiro atoms. The van der Waals surface area contributed by atoms with Crippen LogP contribution in [0, 0.1) is 10.1 Å². The first-order chi connectivity index (χ1) is 9.66. The number of nitrogens with zero attached hydrogens (tertiary/aromatic N) is 1. The van der Waals surface area contributed by atoms with Crippen molar-refractivity contribution in [1.82, 2.24) is 0 Å². The molecule has 1 saturated heterocycles. The van der Waals surface area contributed by atoms with Crippen molar-refractivity contribution in [3.05, 3.63) is 75.8 Å². The van der Waals surface area contributed by atoms with E-state index in [0.717, 1.165) is 0 Å². The number of ketones is 1. The molecule has 1 aliphatic rings. The molecule has 5 heteroatoms. The fourth-order valence-corrected chi connectivity index (χ4v) is 2.15. The van der Waals surface area contributed by atoms with Crippen molar-refractivity contribution < 1.29 is 14.5 Å². The van der Waals surface area contributed by atoms with Gasteiger partial charge in [-0.2, -0.15) is 0 Å². The Kier molecular flexibility index (Phi) is 3.04. The van der Waals surface area contributed by atoms with Crippen LogP contribution in [0.2, 0.25) is 0 Å². The molecule has 3 rings (SSSR count). The molecule has 2 atom stereocenters. The van der Waals surface area contributed by atoms with Crippen LogP contribution < -0.4 is 0 Å². The normalized spacial score (nSPS) is 20.4. The zero-order valence-corrected chi connectivity index (χ0v) is 10.4. The highest BCUT2D eigenvalue weighted by Gasteiger charge is 2.46. The van der Waals surface area contributed by atoms with Gasteiger partial charge in [-0.25, -0.2) is 0 Å². The van der Waals surface area contributed by atoms with Gasteiger partial charge >= 0.3 is 0 Å². The molecule has 0 amide bonds. The second-order valence-corrected chi connectivity index (χ2v) is 4.56. The van der Waals surface area contributed by atoms with Gasteiger partial charge in [-0.1, -0.05) is 42.5 Å². The van der Waals surface area contributed by atoms with E-state index in [0.29, 0.717) is 11.1 Å². The van der Waals surface area contributed by atoms with E-state index >= 15 is 0 Å². The number of carbonyl (C=O) groups is 1. The van der Waals surface area contributed by atoms with Crippen LogP contribution in [0.25, 0.3) is 0 Å². The third kappa shape index (κ3) is 2.31. The molecular formula is C15H11NO4. The predicted molar refractivity (Wildman–Crippen MR) is 71.5 cm³/mol. The summed E-state index contributed by atoms with van der Waals surface area (Å²) < 4.78 is 5.38. The fourth-order valence-electron chi connectivity index (χ4n) is 2.15. The summed E-state index contributed by atoms with van der Waals surface area (Å²) in [6, 6.07) is 15.1. The average molecular weight is 269 g/mol. The number of nitro groups is 1. The number of epoxide rings is 1. The molecule has 1 fully saturated rings. The van der Waals surface area contributed by atoms with Gasteiger partial charge in [0.25, 0.3) is 5.69 Å². The minimum Gasteiger partial charge on any atom is -0.356 e. The summed E-state index contributed by atoms with van der Waals surface area (Å²) in [6.07, 6.45) is -0.929. The van der Waals surface area contributed by atoms with Crippen LogP contribution in [0.5, 0.6) is 0 Å². The molecule has 2 unspecified atom stereocenters. The van der Waals surface area contributed by atoms with E-state index in [-0.39, 0.29) is 17.6 Å². The molecule has 1 aliphatic heterocycles. The number of ether oxygens (including phenoxy) is 1. The number of rotatable bonds is 4. The number of non-ortho nitro benzene ring substituents is 1. The zero-order valence-electron chi connectivity index (χ0n) is 10.4. The lowest BCUT2D eigenvalue weighted by Crippen LogP contribution is -2.07. The zero-order chi connectivity index (χ0) is 14.1. The molecule has 0 aromatic heterocycles. The largest absolute Gasteiger partial charge is 0.356 e. The maximum atomic E-state index is 12.2. The number of carbonyl (C=O) groups excluding carboxylic acids is 1. The van der Waals surface area contributed by atoms with E-state index in [1.807, 2.05) is 6.07 Å². The molecule has 0 radical (unpaired) electrons. The molecule has 100 valence electrons. The fraction of sp³-hybridized carbons (Fsp3) is 0.133. The first-order valence-electron chi connectivity index (χ1n) is 6.16. The standard InChI is InChI=1S/C15H11NO4/c17-13(10-5-2-1-3-6-10)15-14(20-15)11-7-4-8-12(9-11)16(18)19/h1-9,14-15H. The summed E-state index contributed by atoms with van der Waals surface area (Å²) in [5.74, 6) is -0.0953. The van der Waals surface area contributed by atoms with Crippen molar-refractivity contribution in [3.8, 4) is 0 Å². The number of hydrogen-bond donors (Lipinski definition) is 0. The van der Waals surface area contributed by atoms with Gasteiger partial charge in [0.15, 0.2) is 11.9 Å². The molecule has 2 aromatic rings. The van der Waals surface area contributed by atoms with E-state index in [9.17, 15) is 14.9 Å². The summed E-state index contributed by atoms with van der Waals surface area (Å²) >= 11 is 0. The van der Waals surface area contributed by atoms with Gasteiger partial charge in [0.05, 0.1) is 4.92 Å². The summed E-state index contributed by atoms with van der Waals surface area (Å²) in [5, 5.41) is 10.7. The summed E-state index contributed by atoms with van der Waals surface area (Å²) in [7, 11) is 0. The second-order valence-electron chi connectivity index (χ2n) is 4.56. The van der Waals surface area contributed by atoms with Crippen LogP contribution >= 0.6 is 0 Å². The van der Waals surface area contributed by atoms with Gasteiger partial charge < -0.3 is 4.74 Å². The van der Waals surface area contributed by atoms with Crippen molar-refractivity contribution in [2.45, 2.75) is 12.2 Å². The minimum atomic E-state index is -0.542. The highest BCUT2D eigenvalue weighted by atomic mass is 16.6. The van der Waals surface area contributed by atoms with E-state index in [1.54, 1.807) is 36.4 Å². The molecule has 5 nitrogen and oxygen atoms in total. The molecule has 20 heavy (non-hydrogen) atoms. The van der Waals surface area contributed by atoms with E-state index < -0.39 is 11.0 Å². The second kappa shape index (κ2) is 4.86. The smallest absolute Gasteiger partial charge is 0.269 e. The molecule has 0 saturated carbocycles. The summed E-state index contributed by atoms with van der Waals surface area (Å²) in [4.78, 5) is 22.4. The van der Waals surface area contributed by atoms with E-state index in [2.05, 4.69) is 0 Å². The lowest BCUT2D eigenvalue weighted by Gasteiger charge is -1.98. The maximum Gasteiger partial charge on any atom is 0.269 e. The van der Waals surface area contributed by atoms with E-state index in [4.69, 9.17) is 4.74 Å². The molecular weight excluding hydrogens is 258 g/mol. The quantitative estimate of drug-likeness (QED) is 0.370. The topological polar surface area (TPSA) is 72.7 Å². The number of hydrogen-bond acceptors (Lipinski definition) is 4. The Morgan fingerprint density at radius 2 is 1.85 bits per heavy atom. The highest BCUT2D eigenvalue weighted by Crippen LogP contribution is 2.41. The number of benzene rings is 2. The third-order valence-corrected chi connectivity index (χ3v) is 3.22. The molecule has 0 bridgehead atoms. The van der Waals surface area contributed by atoms with Gasteiger partial charge in [-0.3, -0.25) is 14.9 Å². The van der Waals surface area contributed by atoms with Crippen molar-refractivity contribution in [1.29, 1.82) is 0 Å². The molecule has 0 aliphatic carbocycles. The Bertz CT molecular complexity index is 669. The van der Waals surface area contributed by atoms with Gasteiger partial charge in [0.2, 0.25) is 0 Å². The Labute approximate surface area is 115 Å². The van der Waals surface area contributed by atoms with Gasteiger partial charge in [-0.05, 0) is 5.56 Å². The Balaban J connectivity index is 1.78. The van der Waals surface area contributed by atoms with Crippen LogP contribution in [0.1, 0.15) is 22.0 Å². The lowest BCUT2D eigenvalue weighted by atomic mass is 10.0. The lowest BCUT2D eigenvalue weighted by molar-refractivity contribution is -0.384. The molecule has 1 heterocycles. The summed E-state index contributed by atoms with van der Waals surface area (Å²) in [5.41, 5.74) is 1.25. The highest BCUT2D eigenvalue weighted by molar-refractivity contribution is 6.01. The predicted octanol–water partition coefficient (Wildman–Crippen LogP) is 2.92. The maximum absolute atomic E-state index is 12.2. The Morgan fingerprint density at radius 3 is 2.55 bits per heavy atom. The average Bonchev–Trinajstić information content (AvgIpc) is 3.28. The monoisotopic (exact) mass is 269 g/mol. The van der Waals surface area contributed by atoms with Crippen molar-refractivity contribution >= 4 is 11.5 Å².